The molecular formula is C14H23N3O. The minimum atomic E-state index is 0.0702. The van der Waals surface area contributed by atoms with Gasteiger partial charge in [0.05, 0.1) is 0 Å². The highest BCUT2D eigenvalue weighted by Crippen LogP contribution is 2.17. The van der Waals surface area contributed by atoms with E-state index in [2.05, 4.69) is 10.3 Å². The number of aromatic nitrogens is 2. The molecule has 1 fully saturated rings. The van der Waals surface area contributed by atoms with Crippen molar-refractivity contribution >= 4 is 0 Å². The van der Waals surface area contributed by atoms with E-state index in [9.17, 15) is 4.79 Å². The van der Waals surface area contributed by atoms with Crippen LogP contribution in [0, 0.1) is 13.8 Å². The summed E-state index contributed by atoms with van der Waals surface area (Å²) in [6.45, 7) is 5.52. The van der Waals surface area contributed by atoms with E-state index >= 15 is 0 Å². The number of rotatable bonds is 5. The van der Waals surface area contributed by atoms with Gasteiger partial charge >= 0.3 is 0 Å². The molecule has 1 N–H and O–H groups in total. The van der Waals surface area contributed by atoms with E-state index in [-0.39, 0.29) is 5.56 Å². The molecule has 18 heavy (non-hydrogen) atoms. The van der Waals surface area contributed by atoms with Gasteiger partial charge in [0.2, 0.25) is 0 Å². The van der Waals surface area contributed by atoms with Gasteiger partial charge in [0, 0.05) is 24.3 Å². The van der Waals surface area contributed by atoms with Crippen LogP contribution in [0.3, 0.4) is 0 Å². The third-order valence-electron chi connectivity index (χ3n) is 3.67. The van der Waals surface area contributed by atoms with Crippen LogP contribution in [0.1, 0.15) is 43.6 Å². The Labute approximate surface area is 108 Å². The van der Waals surface area contributed by atoms with Crippen molar-refractivity contribution in [2.24, 2.45) is 0 Å². The molecule has 1 saturated carbocycles. The molecule has 0 aliphatic heterocycles. The van der Waals surface area contributed by atoms with Crippen LogP contribution in [0.2, 0.25) is 0 Å². The predicted molar refractivity (Wildman–Crippen MR) is 72.8 cm³/mol. The first-order valence-electron chi connectivity index (χ1n) is 6.95. The highest BCUT2D eigenvalue weighted by molar-refractivity contribution is 5.01. The third-order valence-corrected chi connectivity index (χ3v) is 3.67. The molecule has 1 aliphatic carbocycles. The maximum Gasteiger partial charge on any atom is 0.253 e. The minimum absolute atomic E-state index is 0.0702. The molecule has 0 atom stereocenters. The van der Waals surface area contributed by atoms with Crippen LogP contribution in [0.5, 0.6) is 0 Å². The number of hydrogen-bond acceptors (Lipinski definition) is 3. The van der Waals surface area contributed by atoms with Gasteiger partial charge in [-0.25, -0.2) is 4.98 Å². The molecule has 100 valence electrons. The van der Waals surface area contributed by atoms with Gasteiger partial charge in [0.25, 0.3) is 5.56 Å². The minimum Gasteiger partial charge on any atom is -0.314 e. The molecule has 0 unspecified atom stereocenters. The number of hydrogen-bond donors (Lipinski definition) is 1. The Balaban J connectivity index is 1.81. The van der Waals surface area contributed by atoms with Gasteiger partial charge in [-0.2, -0.15) is 0 Å². The van der Waals surface area contributed by atoms with E-state index < -0.39 is 0 Å². The van der Waals surface area contributed by atoms with Crippen molar-refractivity contribution in [1.29, 1.82) is 0 Å². The summed E-state index contributed by atoms with van der Waals surface area (Å²) < 4.78 is 1.77. The largest absolute Gasteiger partial charge is 0.314 e. The SMILES string of the molecule is Cc1cc(=O)n(CCCNC2CCCC2)c(C)n1. The Kier molecular flexibility index (Phi) is 4.53. The van der Waals surface area contributed by atoms with Crippen LogP contribution in [0.15, 0.2) is 10.9 Å². The fourth-order valence-electron chi connectivity index (χ4n) is 2.71. The second-order valence-corrected chi connectivity index (χ2v) is 5.22. The van der Waals surface area contributed by atoms with Crippen molar-refractivity contribution in [2.75, 3.05) is 6.54 Å². The zero-order valence-corrected chi connectivity index (χ0v) is 11.4. The highest BCUT2D eigenvalue weighted by atomic mass is 16.1. The second kappa shape index (κ2) is 6.14. The van der Waals surface area contributed by atoms with E-state index in [1.807, 2.05) is 13.8 Å². The van der Waals surface area contributed by atoms with E-state index in [1.54, 1.807) is 10.6 Å². The second-order valence-electron chi connectivity index (χ2n) is 5.22. The van der Waals surface area contributed by atoms with Crippen molar-refractivity contribution in [1.82, 2.24) is 14.9 Å². The van der Waals surface area contributed by atoms with Crippen molar-refractivity contribution < 1.29 is 0 Å². The fraction of sp³-hybridized carbons (Fsp3) is 0.714. The Morgan fingerprint density at radius 2 is 2.11 bits per heavy atom. The quantitative estimate of drug-likeness (QED) is 0.809. The molecule has 1 aromatic rings. The summed E-state index contributed by atoms with van der Waals surface area (Å²) >= 11 is 0. The van der Waals surface area contributed by atoms with Gasteiger partial charge in [-0.3, -0.25) is 9.36 Å². The topological polar surface area (TPSA) is 46.9 Å². The molecule has 4 nitrogen and oxygen atoms in total. The first-order valence-corrected chi connectivity index (χ1v) is 6.95. The molecule has 2 rings (SSSR count). The van der Waals surface area contributed by atoms with Crippen LogP contribution >= 0.6 is 0 Å². The van der Waals surface area contributed by atoms with Crippen molar-refractivity contribution in [3.05, 3.63) is 27.9 Å². The number of nitrogens with one attached hydrogen (secondary N) is 1. The lowest BCUT2D eigenvalue weighted by Gasteiger charge is -2.13. The Morgan fingerprint density at radius 1 is 1.39 bits per heavy atom. The predicted octanol–water partition coefficient (Wildman–Crippen LogP) is 1.78. The summed E-state index contributed by atoms with van der Waals surface area (Å²) in [5.74, 6) is 0.820. The fourth-order valence-corrected chi connectivity index (χ4v) is 2.71. The maximum atomic E-state index is 11.8. The number of nitrogens with zero attached hydrogens (tertiary/aromatic N) is 2. The van der Waals surface area contributed by atoms with E-state index in [4.69, 9.17) is 0 Å². The smallest absolute Gasteiger partial charge is 0.253 e. The van der Waals surface area contributed by atoms with Crippen molar-refractivity contribution in [3.63, 3.8) is 0 Å². The first-order chi connectivity index (χ1) is 8.66. The summed E-state index contributed by atoms with van der Waals surface area (Å²) in [4.78, 5) is 16.1. The molecule has 0 spiro atoms. The molecule has 4 heteroatoms. The van der Waals surface area contributed by atoms with Crippen LogP contribution in [0.25, 0.3) is 0 Å². The third kappa shape index (κ3) is 3.42. The monoisotopic (exact) mass is 249 g/mol. The summed E-state index contributed by atoms with van der Waals surface area (Å²) in [6, 6.07) is 2.32. The van der Waals surface area contributed by atoms with Gasteiger partial charge in [0.15, 0.2) is 0 Å². The van der Waals surface area contributed by atoms with Gasteiger partial charge < -0.3 is 5.32 Å². The Bertz CT molecular complexity index is 447. The Morgan fingerprint density at radius 3 is 2.78 bits per heavy atom. The molecule has 0 bridgehead atoms. The summed E-state index contributed by atoms with van der Waals surface area (Å²) in [5.41, 5.74) is 0.874. The first kappa shape index (κ1) is 13.3. The molecule has 0 amide bonds. The molecule has 0 radical (unpaired) electrons. The molecular weight excluding hydrogens is 226 g/mol. The summed E-state index contributed by atoms with van der Waals surface area (Å²) in [7, 11) is 0. The number of aryl methyl sites for hydroxylation is 2. The van der Waals surface area contributed by atoms with Crippen LogP contribution in [-0.2, 0) is 6.54 Å². The van der Waals surface area contributed by atoms with Gasteiger partial charge in [-0.05, 0) is 39.7 Å². The molecule has 1 aromatic heterocycles. The highest BCUT2D eigenvalue weighted by Gasteiger charge is 2.13. The maximum absolute atomic E-state index is 11.8. The zero-order chi connectivity index (χ0) is 13.0. The standard InChI is InChI=1S/C14H23N3O/c1-11-10-14(18)17(12(2)16-11)9-5-8-15-13-6-3-4-7-13/h10,13,15H,3-9H2,1-2H3. The lowest BCUT2D eigenvalue weighted by Crippen LogP contribution is -2.29. The van der Waals surface area contributed by atoms with Gasteiger partial charge in [-0.15, -0.1) is 0 Å². The average molecular weight is 249 g/mol. The van der Waals surface area contributed by atoms with E-state index in [0.29, 0.717) is 6.04 Å². The Hall–Kier alpha value is -1.16. The molecule has 1 heterocycles. The molecule has 1 aliphatic rings. The molecule has 0 aromatic carbocycles. The normalized spacial score (nSPS) is 16.3. The van der Waals surface area contributed by atoms with Crippen LogP contribution < -0.4 is 10.9 Å². The van der Waals surface area contributed by atoms with Crippen LogP contribution in [0.4, 0.5) is 0 Å². The van der Waals surface area contributed by atoms with Crippen molar-refractivity contribution in [3.8, 4) is 0 Å². The molecule has 0 saturated heterocycles. The van der Waals surface area contributed by atoms with Crippen molar-refractivity contribution in [2.45, 2.75) is 58.5 Å². The van der Waals surface area contributed by atoms with Crippen LogP contribution in [-0.4, -0.2) is 22.1 Å². The lowest BCUT2D eigenvalue weighted by molar-refractivity contribution is 0.487. The summed E-state index contributed by atoms with van der Waals surface area (Å²) in [5, 5.41) is 3.57. The van der Waals surface area contributed by atoms with E-state index in [0.717, 1.165) is 31.0 Å². The van der Waals surface area contributed by atoms with E-state index in [1.165, 1.54) is 25.7 Å². The lowest BCUT2D eigenvalue weighted by atomic mass is 10.2. The van der Waals surface area contributed by atoms with Gasteiger partial charge in [-0.1, -0.05) is 12.8 Å². The van der Waals surface area contributed by atoms with Gasteiger partial charge in [0.1, 0.15) is 5.82 Å². The zero-order valence-electron chi connectivity index (χ0n) is 11.4. The summed E-state index contributed by atoms with van der Waals surface area (Å²) in [6.07, 6.45) is 6.33. The average Bonchev–Trinajstić information content (AvgIpc) is 2.79.